The van der Waals surface area contributed by atoms with Gasteiger partial charge in [-0.05, 0) is 41.6 Å². The average Bonchev–Trinajstić information content (AvgIpc) is 2.88. The molecule has 0 saturated heterocycles. The summed E-state index contributed by atoms with van der Waals surface area (Å²) in [4.78, 5) is 29.4. The van der Waals surface area contributed by atoms with Crippen molar-refractivity contribution in [3.05, 3.63) is 58.8 Å². The number of nitrogens with zero attached hydrogens (tertiary/aromatic N) is 2. The highest BCUT2D eigenvalue weighted by Gasteiger charge is 2.10. The van der Waals surface area contributed by atoms with Crippen LogP contribution in [0.15, 0.2) is 47.6 Å². The Morgan fingerprint density at radius 1 is 1.24 bits per heavy atom. The van der Waals surface area contributed by atoms with Crippen LogP contribution in [0.2, 0.25) is 0 Å². The summed E-state index contributed by atoms with van der Waals surface area (Å²) >= 11 is 0. The first-order chi connectivity index (χ1) is 10.2. The van der Waals surface area contributed by atoms with E-state index in [2.05, 4.69) is 20.5 Å². The molecule has 7 heteroatoms. The van der Waals surface area contributed by atoms with Crippen LogP contribution in [0.4, 0.5) is 16.0 Å². The molecule has 0 spiro atoms. The Kier molecular flexibility index (Phi) is 3.15. The van der Waals surface area contributed by atoms with Crippen LogP contribution in [0, 0.1) is 10.7 Å². The lowest BCUT2D eigenvalue weighted by atomic mass is 10.2. The maximum Gasteiger partial charge on any atom is 0.258 e. The zero-order valence-corrected chi connectivity index (χ0v) is 10.6. The molecule has 1 aromatic heterocycles. The smallest absolute Gasteiger partial charge is 0.258 e. The average molecular weight is 284 g/mol. The lowest BCUT2D eigenvalue weighted by molar-refractivity contribution is 0.102. The number of hydrogen-bond donors (Lipinski definition) is 2. The monoisotopic (exact) mass is 284 g/mol. The van der Waals surface area contributed by atoms with Crippen LogP contribution < -0.4 is 5.32 Å². The molecule has 0 aliphatic carbocycles. The summed E-state index contributed by atoms with van der Waals surface area (Å²) in [6.45, 7) is 0. The Labute approximate surface area is 118 Å². The topological polar surface area (TPSA) is 87.2 Å². The van der Waals surface area contributed by atoms with E-state index in [0.29, 0.717) is 11.0 Å². The summed E-state index contributed by atoms with van der Waals surface area (Å²) in [5, 5.41) is 5.32. The van der Waals surface area contributed by atoms with E-state index in [1.54, 1.807) is 12.1 Å². The molecular weight excluding hydrogens is 275 g/mol. The van der Waals surface area contributed by atoms with Gasteiger partial charge in [0.25, 0.3) is 5.91 Å². The van der Waals surface area contributed by atoms with Gasteiger partial charge in [-0.1, -0.05) is 6.07 Å². The van der Waals surface area contributed by atoms with Gasteiger partial charge in [0.2, 0.25) is 5.95 Å². The van der Waals surface area contributed by atoms with Crippen molar-refractivity contribution in [2.75, 3.05) is 5.32 Å². The zero-order valence-electron chi connectivity index (χ0n) is 10.6. The Bertz CT molecular complexity index is 844. The van der Waals surface area contributed by atoms with E-state index < -0.39 is 11.7 Å². The minimum Gasteiger partial charge on any atom is -0.324 e. The maximum atomic E-state index is 13.1. The van der Waals surface area contributed by atoms with E-state index in [-0.39, 0.29) is 17.2 Å². The van der Waals surface area contributed by atoms with Gasteiger partial charge in [0.15, 0.2) is 0 Å². The maximum absolute atomic E-state index is 13.1. The fourth-order valence-electron chi connectivity index (χ4n) is 1.92. The van der Waals surface area contributed by atoms with Crippen molar-refractivity contribution in [3.63, 3.8) is 0 Å². The van der Waals surface area contributed by atoms with Gasteiger partial charge in [-0.3, -0.25) is 10.1 Å². The number of rotatable bonds is 3. The summed E-state index contributed by atoms with van der Waals surface area (Å²) < 4.78 is 13.1. The van der Waals surface area contributed by atoms with Crippen LogP contribution in [0.5, 0.6) is 0 Å². The number of carbonyl (C=O) groups is 1. The van der Waals surface area contributed by atoms with Gasteiger partial charge in [0.05, 0.1) is 11.0 Å². The molecule has 2 N–H and O–H groups in total. The van der Waals surface area contributed by atoms with Crippen molar-refractivity contribution in [3.8, 4) is 0 Å². The van der Waals surface area contributed by atoms with Crippen molar-refractivity contribution < 1.29 is 9.18 Å². The minimum absolute atomic E-state index is 0.161. The van der Waals surface area contributed by atoms with Gasteiger partial charge < -0.3 is 4.98 Å². The molecule has 1 heterocycles. The third-order valence-electron chi connectivity index (χ3n) is 2.89. The Morgan fingerprint density at radius 3 is 2.90 bits per heavy atom. The van der Waals surface area contributed by atoms with Crippen LogP contribution in [0.25, 0.3) is 11.0 Å². The Balaban J connectivity index is 1.86. The van der Waals surface area contributed by atoms with Gasteiger partial charge >= 0.3 is 0 Å². The molecule has 3 aromatic rings. The molecule has 6 nitrogen and oxygen atoms in total. The highest BCUT2D eigenvalue weighted by Crippen LogP contribution is 2.17. The summed E-state index contributed by atoms with van der Waals surface area (Å²) in [5.74, 6) is -0.640. The number of aromatic amines is 1. The Hall–Kier alpha value is -3.09. The number of nitrogens with one attached hydrogen (secondary N) is 2. The summed E-state index contributed by atoms with van der Waals surface area (Å²) in [6, 6.07) is 10.0. The van der Waals surface area contributed by atoms with E-state index >= 15 is 0 Å². The molecule has 1 amide bonds. The largest absolute Gasteiger partial charge is 0.324 e. The van der Waals surface area contributed by atoms with Crippen molar-refractivity contribution in [1.29, 1.82) is 0 Å². The van der Waals surface area contributed by atoms with E-state index in [9.17, 15) is 14.1 Å². The fourth-order valence-corrected chi connectivity index (χ4v) is 1.92. The van der Waals surface area contributed by atoms with Crippen LogP contribution in [0.1, 0.15) is 10.4 Å². The standard InChI is InChI=1S/C14H9FN4O2/c15-9-4-5-11-12(7-9)17-14(16-11)18-13(20)8-2-1-3-10(6-8)19-21/h1-7H,(H2,16,17,18,20). The molecule has 0 unspecified atom stereocenters. The van der Waals surface area contributed by atoms with Gasteiger partial charge in [-0.2, -0.15) is 0 Å². The molecule has 21 heavy (non-hydrogen) atoms. The number of anilines is 1. The molecule has 3 rings (SSSR count). The van der Waals surface area contributed by atoms with Crippen LogP contribution >= 0.6 is 0 Å². The van der Waals surface area contributed by atoms with Crippen LogP contribution in [-0.2, 0) is 0 Å². The van der Waals surface area contributed by atoms with Gasteiger partial charge in [-0.15, -0.1) is 4.91 Å². The molecular formula is C14H9FN4O2. The van der Waals surface area contributed by atoms with Crippen molar-refractivity contribution in [2.24, 2.45) is 5.18 Å². The molecule has 0 bridgehead atoms. The molecule has 2 aromatic carbocycles. The van der Waals surface area contributed by atoms with Crippen LogP contribution in [-0.4, -0.2) is 15.9 Å². The second-order valence-electron chi connectivity index (χ2n) is 4.34. The number of benzene rings is 2. The van der Waals surface area contributed by atoms with E-state index in [0.717, 1.165) is 0 Å². The number of halogens is 1. The highest BCUT2D eigenvalue weighted by atomic mass is 19.1. The van der Waals surface area contributed by atoms with Gasteiger partial charge in [0, 0.05) is 5.56 Å². The normalized spacial score (nSPS) is 10.5. The molecule has 0 aliphatic heterocycles. The fraction of sp³-hybridized carbons (Fsp3) is 0. The number of imidazole rings is 1. The third-order valence-corrected chi connectivity index (χ3v) is 2.89. The summed E-state index contributed by atoms with van der Waals surface area (Å²) in [5.41, 5.74) is 1.46. The first kappa shape index (κ1) is 12.9. The SMILES string of the molecule is O=Nc1cccc(C(=O)Nc2nc3ccc(F)cc3[nH]2)c1. The van der Waals surface area contributed by atoms with Crippen LogP contribution in [0.3, 0.4) is 0 Å². The second kappa shape index (κ2) is 5.12. The number of hydrogen-bond acceptors (Lipinski definition) is 4. The quantitative estimate of drug-likeness (QED) is 0.723. The number of H-pyrrole nitrogens is 1. The van der Waals surface area contributed by atoms with Crippen molar-refractivity contribution in [1.82, 2.24) is 9.97 Å². The first-order valence-corrected chi connectivity index (χ1v) is 6.06. The van der Waals surface area contributed by atoms with Crippen molar-refractivity contribution >= 4 is 28.6 Å². The number of aromatic nitrogens is 2. The first-order valence-electron chi connectivity index (χ1n) is 6.06. The number of amides is 1. The van der Waals surface area contributed by atoms with Crippen molar-refractivity contribution in [2.45, 2.75) is 0 Å². The van der Waals surface area contributed by atoms with E-state index in [4.69, 9.17) is 0 Å². The van der Waals surface area contributed by atoms with E-state index in [1.807, 2.05) is 0 Å². The lowest BCUT2D eigenvalue weighted by Gasteiger charge is -2.01. The van der Waals surface area contributed by atoms with Gasteiger partial charge in [-0.25, -0.2) is 9.37 Å². The predicted octanol–water partition coefficient (Wildman–Crippen LogP) is 3.35. The molecule has 104 valence electrons. The molecule has 0 atom stereocenters. The molecule has 0 radical (unpaired) electrons. The zero-order chi connectivity index (χ0) is 14.8. The molecule has 0 saturated carbocycles. The lowest BCUT2D eigenvalue weighted by Crippen LogP contribution is -2.12. The molecule has 0 fully saturated rings. The third kappa shape index (κ3) is 2.62. The predicted molar refractivity (Wildman–Crippen MR) is 75.9 cm³/mol. The summed E-state index contributed by atoms with van der Waals surface area (Å²) in [6.07, 6.45) is 0. The number of carbonyl (C=O) groups excluding carboxylic acids is 1. The van der Waals surface area contributed by atoms with E-state index in [1.165, 1.54) is 30.3 Å². The molecule has 0 aliphatic rings. The number of nitroso groups, excluding NO2 is 1. The Morgan fingerprint density at radius 2 is 2.10 bits per heavy atom. The summed E-state index contributed by atoms with van der Waals surface area (Å²) in [7, 11) is 0. The number of fused-ring (bicyclic) bond motifs is 1. The minimum atomic E-state index is -0.444. The highest BCUT2D eigenvalue weighted by molar-refractivity contribution is 6.04. The van der Waals surface area contributed by atoms with Gasteiger partial charge in [0.1, 0.15) is 11.5 Å². The second-order valence-corrected chi connectivity index (χ2v) is 4.34.